The highest BCUT2D eigenvalue weighted by Gasteiger charge is 2.39. The van der Waals surface area contributed by atoms with E-state index < -0.39 is 23.7 Å². The highest BCUT2D eigenvalue weighted by Crippen LogP contribution is 2.31. The minimum atomic E-state index is -2.51. The highest BCUT2D eigenvalue weighted by molar-refractivity contribution is 5.68. The third-order valence-corrected chi connectivity index (χ3v) is 3.07. The molecule has 1 aliphatic rings. The maximum absolute atomic E-state index is 12.7. The summed E-state index contributed by atoms with van der Waals surface area (Å²) in [5.74, 6) is 0. The first kappa shape index (κ1) is 15.1. The quantitative estimate of drug-likeness (QED) is 0.805. The van der Waals surface area contributed by atoms with Crippen LogP contribution in [0.1, 0.15) is 46.5 Å². The zero-order chi connectivity index (χ0) is 14.0. The van der Waals surface area contributed by atoms with Crippen molar-refractivity contribution >= 4 is 6.09 Å². The molecule has 0 aromatic rings. The van der Waals surface area contributed by atoms with Crippen LogP contribution in [-0.4, -0.2) is 29.7 Å². The molecule has 1 aliphatic carbocycles. The number of carbonyl (C=O) groups is 1. The van der Waals surface area contributed by atoms with Gasteiger partial charge in [-0.25, -0.2) is 13.6 Å². The second kappa shape index (κ2) is 5.38. The molecule has 1 fully saturated rings. The number of nitrogens with two attached hydrogens (primary N) is 1. The van der Waals surface area contributed by atoms with Gasteiger partial charge in [-0.15, -0.1) is 0 Å². The first-order chi connectivity index (χ1) is 8.12. The Hall–Kier alpha value is -0.910. The van der Waals surface area contributed by atoms with E-state index in [2.05, 4.69) is 5.32 Å². The van der Waals surface area contributed by atoms with Crippen LogP contribution in [0.25, 0.3) is 0 Å². The minimum absolute atomic E-state index is 0.129. The van der Waals surface area contributed by atoms with Crippen LogP contribution in [0.2, 0.25) is 0 Å². The maximum Gasteiger partial charge on any atom is 0.407 e. The number of carbonyl (C=O) groups excluding carboxylic acids is 1. The number of amides is 1. The molecule has 0 bridgehead atoms. The summed E-state index contributed by atoms with van der Waals surface area (Å²) in [6.45, 7) is 5.32. The summed E-state index contributed by atoms with van der Waals surface area (Å²) in [7, 11) is 0. The highest BCUT2D eigenvalue weighted by atomic mass is 19.3. The van der Waals surface area contributed by atoms with Crippen molar-refractivity contribution in [3.8, 4) is 0 Å². The zero-order valence-electron chi connectivity index (χ0n) is 11.1. The lowest BCUT2D eigenvalue weighted by atomic mass is 9.80. The van der Waals surface area contributed by atoms with Crippen LogP contribution in [0.3, 0.4) is 0 Å². The molecule has 0 radical (unpaired) electrons. The van der Waals surface area contributed by atoms with Gasteiger partial charge in [0, 0.05) is 6.04 Å². The van der Waals surface area contributed by atoms with Crippen molar-refractivity contribution in [2.24, 2.45) is 5.73 Å². The molecule has 4 nitrogen and oxygen atoms in total. The second-order valence-electron chi connectivity index (χ2n) is 5.95. The molecule has 1 rings (SSSR count). The molecule has 0 aromatic carbocycles. The Morgan fingerprint density at radius 3 is 2.28 bits per heavy atom. The molecule has 0 unspecified atom stereocenters. The van der Waals surface area contributed by atoms with Gasteiger partial charge in [0.25, 0.3) is 6.43 Å². The summed E-state index contributed by atoms with van der Waals surface area (Å²) in [5, 5.41) is 2.69. The SMILES string of the molecule is CC(C)(C)OC(=O)NC1CCC(N)(C(F)F)CC1. The molecule has 6 heteroatoms. The van der Waals surface area contributed by atoms with E-state index in [-0.39, 0.29) is 18.9 Å². The minimum Gasteiger partial charge on any atom is -0.444 e. The van der Waals surface area contributed by atoms with Crippen LogP contribution in [0.15, 0.2) is 0 Å². The normalized spacial score (nSPS) is 29.2. The Labute approximate surface area is 106 Å². The average Bonchev–Trinajstić information content (AvgIpc) is 2.18. The van der Waals surface area contributed by atoms with E-state index in [0.717, 1.165) is 0 Å². The molecule has 0 spiro atoms. The standard InChI is InChI=1S/C12H22F2N2O2/c1-11(2,3)18-10(17)16-8-4-6-12(15,7-5-8)9(13)14/h8-9H,4-7,15H2,1-3H3,(H,16,17). The summed E-state index contributed by atoms with van der Waals surface area (Å²) < 4.78 is 30.5. The molecule has 0 aromatic heterocycles. The summed E-state index contributed by atoms with van der Waals surface area (Å²) >= 11 is 0. The maximum atomic E-state index is 12.7. The molecular weight excluding hydrogens is 242 g/mol. The van der Waals surface area contributed by atoms with Crippen LogP contribution in [-0.2, 0) is 4.74 Å². The van der Waals surface area contributed by atoms with Crippen molar-refractivity contribution in [2.45, 2.75) is 70.1 Å². The van der Waals surface area contributed by atoms with Gasteiger partial charge in [0.15, 0.2) is 0 Å². The molecule has 3 N–H and O–H groups in total. The lowest BCUT2D eigenvalue weighted by Gasteiger charge is -2.36. The largest absolute Gasteiger partial charge is 0.444 e. The van der Waals surface area contributed by atoms with Crippen LogP contribution in [0.5, 0.6) is 0 Å². The van der Waals surface area contributed by atoms with Gasteiger partial charge in [-0.3, -0.25) is 0 Å². The van der Waals surface area contributed by atoms with E-state index in [4.69, 9.17) is 10.5 Å². The molecular formula is C12H22F2N2O2. The van der Waals surface area contributed by atoms with Gasteiger partial charge in [-0.05, 0) is 46.5 Å². The van der Waals surface area contributed by atoms with Gasteiger partial charge >= 0.3 is 6.09 Å². The van der Waals surface area contributed by atoms with E-state index in [1.54, 1.807) is 20.8 Å². The zero-order valence-corrected chi connectivity index (χ0v) is 11.1. The smallest absolute Gasteiger partial charge is 0.407 e. The van der Waals surface area contributed by atoms with Crippen molar-refractivity contribution in [2.75, 3.05) is 0 Å². The lowest BCUT2D eigenvalue weighted by Crippen LogP contribution is -2.53. The average molecular weight is 264 g/mol. The van der Waals surface area contributed by atoms with E-state index in [9.17, 15) is 13.6 Å². The molecule has 106 valence electrons. The number of alkyl carbamates (subject to hydrolysis) is 1. The molecule has 0 aliphatic heterocycles. The first-order valence-corrected chi connectivity index (χ1v) is 6.19. The number of alkyl halides is 2. The molecule has 0 saturated heterocycles. The summed E-state index contributed by atoms with van der Waals surface area (Å²) in [6.07, 6.45) is -1.68. The van der Waals surface area contributed by atoms with Crippen LogP contribution in [0.4, 0.5) is 13.6 Å². The van der Waals surface area contributed by atoms with Gasteiger partial charge in [0.05, 0.1) is 5.54 Å². The predicted octanol–water partition coefficient (Wildman–Crippen LogP) is 2.42. The summed E-state index contributed by atoms with van der Waals surface area (Å²) in [6, 6.07) is -0.129. The van der Waals surface area contributed by atoms with Crippen LogP contribution < -0.4 is 11.1 Å². The lowest BCUT2D eigenvalue weighted by molar-refractivity contribution is 0.0219. The Bertz CT molecular complexity index is 295. The number of hydrogen-bond donors (Lipinski definition) is 2. The van der Waals surface area contributed by atoms with Gasteiger partial charge in [-0.1, -0.05) is 0 Å². The Balaban J connectivity index is 2.38. The molecule has 18 heavy (non-hydrogen) atoms. The number of ether oxygens (including phenoxy) is 1. The van der Waals surface area contributed by atoms with E-state index in [1.165, 1.54) is 0 Å². The van der Waals surface area contributed by atoms with Crippen molar-refractivity contribution in [3.63, 3.8) is 0 Å². The summed E-state index contributed by atoms with van der Waals surface area (Å²) in [4.78, 5) is 11.5. The van der Waals surface area contributed by atoms with Gasteiger partial charge < -0.3 is 15.8 Å². The van der Waals surface area contributed by atoms with Gasteiger partial charge in [-0.2, -0.15) is 0 Å². The van der Waals surface area contributed by atoms with Crippen LogP contribution >= 0.6 is 0 Å². The number of halogens is 2. The van der Waals surface area contributed by atoms with Crippen molar-refractivity contribution in [1.82, 2.24) is 5.32 Å². The van der Waals surface area contributed by atoms with E-state index in [1.807, 2.05) is 0 Å². The fourth-order valence-corrected chi connectivity index (χ4v) is 1.99. The number of rotatable bonds is 2. The monoisotopic (exact) mass is 264 g/mol. The summed E-state index contributed by atoms with van der Waals surface area (Å²) in [5.41, 5.74) is 3.65. The fraction of sp³-hybridized carbons (Fsp3) is 0.917. The Kier molecular flexibility index (Phi) is 4.53. The molecule has 0 atom stereocenters. The Morgan fingerprint density at radius 1 is 1.39 bits per heavy atom. The number of nitrogens with one attached hydrogen (secondary N) is 1. The molecule has 1 saturated carbocycles. The van der Waals surface area contributed by atoms with Crippen molar-refractivity contribution in [1.29, 1.82) is 0 Å². The van der Waals surface area contributed by atoms with Crippen molar-refractivity contribution < 1.29 is 18.3 Å². The Morgan fingerprint density at radius 2 is 1.89 bits per heavy atom. The van der Waals surface area contributed by atoms with E-state index >= 15 is 0 Å². The third-order valence-electron chi connectivity index (χ3n) is 3.07. The molecule has 1 amide bonds. The van der Waals surface area contributed by atoms with Crippen LogP contribution in [0, 0.1) is 0 Å². The van der Waals surface area contributed by atoms with E-state index in [0.29, 0.717) is 12.8 Å². The first-order valence-electron chi connectivity index (χ1n) is 6.19. The molecule has 0 heterocycles. The van der Waals surface area contributed by atoms with Crippen molar-refractivity contribution in [3.05, 3.63) is 0 Å². The van der Waals surface area contributed by atoms with Gasteiger partial charge in [0.2, 0.25) is 0 Å². The third kappa shape index (κ3) is 4.40. The predicted molar refractivity (Wildman–Crippen MR) is 64.5 cm³/mol. The van der Waals surface area contributed by atoms with Gasteiger partial charge in [0.1, 0.15) is 5.60 Å². The topological polar surface area (TPSA) is 64.3 Å². The second-order valence-corrected chi connectivity index (χ2v) is 5.95. The fourth-order valence-electron chi connectivity index (χ4n) is 1.99. The number of hydrogen-bond acceptors (Lipinski definition) is 3.